The maximum absolute atomic E-state index is 11.8. The van der Waals surface area contributed by atoms with E-state index in [4.69, 9.17) is 0 Å². The molecule has 2 rings (SSSR count). The van der Waals surface area contributed by atoms with Crippen molar-refractivity contribution in [3.63, 3.8) is 0 Å². The minimum absolute atomic E-state index is 0.137. The number of anilines is 1. The van der Waals surface area contributed by atoms with Gasteiger partial charge in [-0.3, -0.25) is 9.69 Å². The van der Waals surface area contributed by atoms with Crippen LogP contribution < -0.4 is 4.90 Å². The zero-order chi connectivity index (χ0) is 11.7. The first-order valence-corrected chi connectivity index (χ1v) is 6.58. The fraction of sp³-hybridized carbons (Fsp3) is 0.455. The van der Waals surface area contributed by atoms with Gasteiger partial charge >= 0.3 is 0 Å². The predicted octanol–water partition coefficient (Wildman–Crippen LogP) is 2.44. The number of hydrogen-bond acceptors (Lipinski definition) is 3. The molecule has 0 aromatic carbocycles. The Labute approximate surface area is 109 Å². The molecular weight excluding hydrogens is 288 g/mol. The number of thiol groups is 1. The Kier molecular flexibility index (Phi) is 3.54. The van der Waals surface area contributed by atoms with Gasteiger partial charge in [-0.25, -0.2) is 4.98 Å². The molecule has 86 valence electrons. The third kappa shape index (κ3) is 2.11. The molecule has 1 unspecified atom stereocenters. The van der Waals surface area contributed by atoms with Crippen LogP contribution in [-0.2, 0) is 4.79 Å². The summed E-state index contributed by atoms with van der Waals surface area (Å²) in [7, 11) is 0. The van der Waals surface area contributed by atoms with Crippen LogP contribution in [0.3, 0.4) is 0 Å². The fourth-order valence-electron chi connectivity index (χ4n) is 1.82. The zero-order valence-corrected chi connectivity index (χ0v) is 11.5. The summed E-state index contributed by atoms with van der Waals surface area (Å²) in [6.07, 6.45) is 2.31. The summed E-state index contributed by atoms with van der Waals surface area (Å²) in [5, 5.41) is 0. The van der Waals surface area contributed by atoms with E-state index < -0.39 is 0 Å². The third-order valence-electron chi connectivity index (χ3n) is 2.78. The van der Waals surface area contributed by atoms with Gasteiger partial charge in [0.05, 0.1) is 4.47 Å². The van der Waals surface area contributed by atoms with Gasteiger partial charge in [0.1, 0.15) is 5.82 Å². The second kappa shape index (κ2) is 4.75. The van der Waals surface area contributed by atoms with E-state index in [2.05, 4.69) is 33.5 Å². The van der Waals surface area contributed by atoms with Gasteiger partial charge in [-0.1, -0.05) is 0 Å². The Bertz CT molecular complexity index is 424. The summed E-state index contributed by atoms with van der Waals surface area (Å²) in [5.41, 5.74) is 1.09. The lowest BCUT2D eigenvalue weighted by Gasteiger charge is -2.17. The van der Waals surface area contributed by atoms with E-state index in [1.165, 1.54) is 0 Å². The van der Waals surface area contributed by atoms with Gasteiger partial charge in [-0.2, -0.15) is 12.6 Å². The van der Waals surface area contributed by atoms with E-state index in [-0.39, 0.29) is 5.91 Å². The van der Waals surface area contributed by atoms with Crippen LogP contribution in [0.1, 0.15) is 12.0 Å². The van der Waals surface area contributed by atoms with Crippen molar-refractivity contribution in [3.05, 3.63) is 22.3 Å². The number of halogens is 1. The van der Waals surface area contributed by atoms with Crippen molar-refractivity contribution >= 4 is 40.3 Å². The molecule has 0 bridgehead atoms. The molecule has 1 atom stereocenters. The monoisotopic (exact) mass is 300 g/mol. The molecule has 1 aliphatic heterocycles. The molecule has 0 spiro atoms. The van der Waals surface area contributed by atoms with E-state index in [9.17, 15) is 4.79 Å². The predicted molar refractivity (Wildman–Crippen MR) is 71.0 cm³/mol. The van der Waals surface area contributed by atoms with Crippen molar-refractivity contribution < 1.29 is 4.79 Å². The standard InChI is InChI=1S/C11H13BrN2OS/c1-7-2-3-13-11(10(7)12)14-5-8(6-16)4-9(14)15/h2-3,8,16H,4-6H2,1H3. The number of rotatable bonds is 2. The Balaban J connectivity index is 2.31. The number of aryl methyl sites for hydroxylation is 1. The SMILES string of the molecule is Cc1ccnc(N2CC(CS)CC2=O)c1Br. The molecule has 3 nitrogen and oxygen atoms in total. The van der Waals surface area contributed by atoms with E-state index in [0.717, 1.165) is 28.2 Å². The Morgan fingerprint density at radius 3 is 3.06 bits per heavy atom. The minimum atomic E-state index is 0.137. The quantitative estimate of drug-likeness (QED) is 0.851. The molecular formula is C11H13BrN2OS. The summed E-state index contributed by atoms with van der Waals surface area (Å²) in [6, 6.07) is 1.92. The van der Waals surface area contributed by atoms with Gasteiger partial charge < -0.3 is 0 Å². The lowest BCUT2D eigenvalue weighted by molar-refractivity contribution is -0.117. The van der Waals surface area contributed by atoms with Crippen LogP contribution in [0.25, 0.3) is 0 Å². The number of nitrogens with zero attached hydrogens (tertiary/aromatic N) is 2. The van der Waals surface area contributed by atoms with Crippen molar-refractivity contribution in [2.24, 2.45) is 5.92 Å². The van der Waals surface area contributed by atoms with E-state index >= 15 is 0 Å². The minimum Gasteiger partial charge on any atom is -0.296 e. The highest BCUT2D eigenvalue weighted by molar-refractivity contribution is 9.10. The number of amides is 1. The van der Waals surface area contributed by atoms with Crippen LogP contribution in [0.2, 0.25) is 0 Å². The van der Waals surface area contributed by atoms with Crippen molar-refractivity contribution in [3.8, 4) is 0 Å². The van der Waals surface area contributed by atoms with E-state index in [0.29, 0.717) is 12.3 Å². The summed E-state index contributed by atoms with van der Waals surface area (Å²) in [4.78, 5) is 17.9. The van der Waals surface area contributed by atoms with E-state index in [1.54, 1.807) is 11.1 Å². The number of hydrogen-bond donors (Lipinski definition) is 1. The lowest BCUT2D eigenvalue weighted by atomic mass is 10.1. The van der Waals surface area contributed by atoms with Crippen molar-refractivity contribution in [1.82, 2.24) is 4.98 Å². The molecule has 16 heavy (non-hydrogen) atoms. The molecule has 1 aromatic heterocycles. The number of carbonyl (C=O) groups is 1. The molecule has 2 heterocycles. The summed E-state index contributed by atoms with van der Waals surface area (Å²) < 4.78 is 0.906. The Hall–Kier alpha value is -0.550. The Morgan fingerprint density at radius 1 is 1.69 bits per heavy atom. The normalized spacial score (nSPS) is 20.6. The van der Waals surface area contributed by atoms with Gasteiger partial charge in [0, 0.05) is 19.2 Å². The molecule has 0 saturated carbocycles. The van der Waals surface area contributed by atoms with Crippen LogP contribution in [0.15, 0.2) is 16.7 Å². The van der Waals surface area contributed by atoms with Crippen LogP contribution in [0.4, 0.5) is 5.82 Å². The lowest BCUT2D eigenvalue weighted by Crippen LogP contribution is -2.26. The summed E-state index contributed by atoms with van der Waals surface area (Å²) >= 11 is 7.73. The van der Waals surface area contributed by atoms with Gasteiger partial charge in [-0.15, -0.1) is 0 Å². The third-order valence-corrected chi connectivity index (χ3v) is 4.28. The highest BCUT2D eigenvalue weighted by atomic mass is 79.9. The molecule has 0 radical (unpaired) electrons. The fourth-order valence-corrected chi connectivity index (χ4v) is 2.52. The molecule has 0 aliphatic carbocycles. The van der Waals surface area contributed by atoms with E-state index in [1.807, 2.05) is 13.0 Å². The second-order valence-corrected chi connectivity index (χ2v) is 5.18. The van der Waals surface area contributed by atoms with Gasteiger partial charge in [0.15, 0.2) is 0 Å². The maximum Gasteiger partial charge on any atom is 0.228 e. The Morgan fingerprint density at radius 2 is 2.44 bits per heavy atom. The number of aromatic nitrogens is 1. The van der Waals surface area contributed by atoms with Crippen molar-refractivity contribution in [2.75, 3.05) is 17.2 Å². The highest BCUT2D eigenvalue weighted by Crippen LogP contribution is 2.31. The first kappa shape index (κ1) is 11.9. The average Bonchev–Trinajstić information content (AvgIpc) is 2.64. The average molecular weight is 301 g/mol. The zero-order valence-electron chi connectivity index (χ0n) is 8.98. The summed E-state index contributed by atoms with van der Waals surface area (Å²) in [5.74, 6) is 1.95. The molecule has 0 N–H and O–H groups in total. The smallest absolute Gasteiger partial charge is 0.228 e. The topological polar surface area (TPSA) is 33.2 Å². The molecule has 1 fully saturated rings. The van der Waals surface area contributed by atoms with Gasteiger partial charge in [-0.05, 0) is 46.2 Å². The number of pyridine rings is 1. The van der Waals surface area contributed by atoms with Crippen molar-refractivity contribution in [1.29, 1.82) is 0 Å². The molecule has 5 heteroatoms. The van der Waals surface area contributed by atoms with Gasteiger partial charge in [0.2, 0.25) is 5.91 Å². The first-order chi connectivity index (χ1) is 7.63. The van der Waals surface area contributed by atoms with Gasteiger partial charge in [0.25, 0.3) is 0 Å². The maximum atomic E-state index is 11.8. The van der Waals surface area contributed by atoms with Crippen LogP contribution >= 0.6 is 28.6 Å². The largest absolute Gasteiger partial charge is 0.296 e. The summed E-state index contributed by atoms with van der Waals surface area (Å²) in [6.45, 7) is 2.71. The van der Waals surface area contributed by atoms with Crippen LogP contribution in [0.5, 0.6) is 0 Å². The molecule has 1 aromatic rings. The number of carbonyl (C=O) groups excluding carboxylic acids is 1. The molecule has 1 aliphatic rings. The molecule has 1 saturated heterocycles. The first-order valence-electron chi connectivity index (χ1n) is 5.15. The second-order valence-electron chi connectivity index (χ2n) is 4.02. The highest BCUT2D eigenvalue weighted by Gasteiger charge is 2.31. The van der Waals surface area contributed by atoms with Crippen molar-refractivity contribution in [2.45, 2.75) is 13.3 Å². The van der Waals surface area contributed by atoms with Crippen LogP contribution in [0, 0.1) is 12.8 Å². The molecule has 1 amide bonds. The van der Waals surface area contributed by atoms with Crippen LogP contribution in [-0.4, -0.2) is 23.2 Å².